The molecule has 0 amide bonds. The van der Waals surface area contributed by atoms with Gasteiger partial charge >= 0.3 is 5.97 Å². The van der Waals surface area contributed by atoms with Crippen LogP contribution < -0.4 is 16.4 Å². The van der Waals surface area contributed by atoms with Gasteiger partial charge in [-0.05, 0) is 36.4 Å². The number of halogens is 1. The third-order valence-corrected chi connectivity index (χ3v) is 3.65. The third-order valence-electron chi connectivity index (χ3n) is 3.43. The lowest BCUT2D eigenvalue weighted by Crippen LogP contribution is -2.06. The van der Waals surface area contributed by atoms with Crippen LogP contribution in [0.15, 0.2) is 48.9 Å². The Morgan fingerprint density at radius 2 is 1.73 bits per heavy atom. The Hall–Kier alpha value is -3.39. The van der Waals surface area contributed by atoms with E-state index in [1.165, 1.54) is 19.6 Å². The second-order valence-corrected chi connectivity index (χ2v) is 5.60. The summed E-state index contributed by atoms with van der Waals surface area (Å²) in [5, 5.41) is 6.62. The highest BCUT2D eigenvalue weighted by Crippen LogP contribution is 2.27. The van der Waals surface area contributed by atoms with Crippen molar-refractivity contribution in [3.8, 4) is 0 Å². The molecule has 0 saturated carbocycles. The first kappa shape index (κ1) is 17.4. The average Bonchev–Trinajstić information content (AvgIpc) is 2.66. The van der Waals surface area contributed by atoms with Crippen molar-refractivity contribution < 1.29 is 9.53 Å². The standard InChI is InChI=1S/C17H15ClN6O2/c1-26-17(25)10-2-5-12(6-3-10)23-15-14(19)16(22-9-21-15)24-13-7-4-11(18)8-20-13/h2-9H,19H2,1H3,(H2,20,21,22,23,24). The summed E-state index contributed by atoms with van der Waals surface area (Å²) < 4.78 is 4.67. The van der Waals surface area contributed by atoms with Crippen LogP contribution in [-0.2, 0) is 4.74 Å². The van der Waals surface area contributed by atoms with E-state index in [1.807, 2.05) is 0 Å². The molecule has 8 nitrogen and oxygen atoms in total. The molecule has 2 heterocycles. The monoisotopic (exact) mass is 370 g/mol. The number of nitrogens with one attached hydrogen (secondary N) is 2. The van der Waals surface area contributed by atoms with Crippen molar-refractivity contribution in [2.24, 2.45) is 0 Å². The number of hydrogen-bond acceptors (Lipinski definition) is 8. The summed E-state index contributed by atoms with van der Waals surface area (Å²) in [5.74, 6) is 0.971. The van der Waals surface area contributed by atoms with E-state index >= 15 is 0 Å². The Bertz CT molecular complexity index is 916. The smallest absolute Gasteiger partial charge is 0.337 e. The van der Waals surface area contributed by atoms with E-state index in [0.717, 1.165) is 0 Å². The molecule has 0 bridgehead atoms. The SMILES string of the molecule is COC(=O)c1ccc(Nc2ncnc(Nc3ccc(Cl)cn3)c2N)cc1. The summed E-state index contributed by atoms with van der Waals surface area (Å²) in [6, 6.07) is 10.1. The van der Waals surface area contributed by atoms with Gasteiger partial charge in [0.05, 0.1) is 17.7 Å². The Kier molecular flexibility index (Phi) is 5.14. The highest BCUT2D eigenvalue weighted by atomic mass is 35.5. The third kappa shape index (κ3) is 3.98. The molecule has 0 aliphatic carbocycles. The molecule has 1 aromatic carbocycles. The lowest BCUT2D eigenvalue weighted by molar-refractivity contribution is 0.0601. The summed E-state index contributed by atoms with van der Waals surface area (Å²) in [5.41, 5.74) is 7.61. The lowest BCUT2D eigenvalue weighted by atomic mass is 10.2. The first-order chi connectivity index (χ1) is 12.6. The number of aromatic nitrogens is 3. The summed E-state index contributed by atoms with van der Waals surface area (Å²) in [6.45, 7) is 0. The molecular formula is C17H15ClN6O2. The average molecular weight is 371 g/mol. The van der Waals surface area contributed by atoms with Crippen LogP contribution in [0.4, 0.5) is 28.8 Å². The van der Waals surface area contributed by atoms with E-state index in [0.29, 0.717) is 39.4 Å². The van der Waals surface area contributed by atoms with Crippen molar-refractivity contribution in [1.82, 2.24) is 15.0 Å². The number of esters is 1. The normalized spacial score (nSPS) is 10.2. The first-order valence-corrected chi connectivity index (χ1v) is 7.89. The van der Waals surface area contributed by atoms with Gasteiger partial charge in [0, 0.05) is 11.9 Å². The van der Waals surface area contributed by atoms with Gasteiger partial charge in [0.1, 0.15) is 17.8 Å². The Morgan fingerprint density at radius 3 is 2.35 bits per heavy atom. The Labute approximate surface area is 154 Å². The minimum absolute atomic E-state index is 0.321. The molecule has 0 aliphatic heterocycles. The topological polar surface area (TPSA) is 115 Å². The predicted octanol–water partition coefficient (Wildman–Crippen LogP) is 3.38. The van der Waals surface area contributed by atoms with Crippen LogP contribution >= 0.6 is 11.6 Å². The zero-order valence-electron chi connectivity index (χ0n) is 13.7. The number of benzene rings is 1. The number of nitrogen functional groups attached to an aromatic ring is 1. The first-order valence-electron chi connectivity index (χ1n) is 7.51. The number of carbonyl (C=O) groups is 1. The van der Waals surface area contributed by atoms with Crippen molar-refractivity contribution >= 4 is 46.4 Å². The largest absolute Gasteiger partial charge is 0.465 e. The van der Waals surface area contributed by atoms with Gasteiger partial charge in [-0.1, -0.05) is 11.6 Å². The molecule has 0 atom stereocenters. The van der Waals surface area contributed by atoms with Gasteiger partial charge in [0.25, 0.3) is 0 Å². The van der Waals surface area contributed by atoms with Gasteiger partial charge in [-0.2, -0.15) is 0 Å². The summed E-state index contributed by atoms with van der Waals surface area (Å²) in [4.78, 5) is 23.9. The minimum Gasteiger partial charge on any atom is -0.465 e. The van der Waals surface area contributed by atoms with Gasteiger partial charge in [-0.3, -0.25) is 0 Å². The number of rotatable bonds is 5. The van der Waals surface area contributed by atoms with Gasteiger partial charge in [0.15, 0.2) is 11.6 Å². The van der Waals surface area contributed by atoms with Crippen LogP contribution in [0.25, 0.3) is 0 Å². The van der Waals surface area contributed by atoms with E-state index in [4.69, 9.17) is 17.3 Å². The maximum Gasteiger partial charge on any atom is 0.337 e. The number of methoxy groups -OCH3 is 1. The highest BCUT2D eigenvalue weighted by molar-refractivity contribution is 6.30. The van der Waals surface area contributed by atoms with E-state index in [9.17, 15) is 4.79 Å². The Morgan fingerprint density at radius 1 is 1.04 bits per heavy atom. The van der Waals surface area contributed by atoms with Gasteiger partial charge in [-0.15, -0.1) is 0 Å². The fourth-order valence-corrected chi connectivity index (χ4v) is 2.22. The molecule has 0 saturated heterocycles. The molecule has 132 valence electrons. The molecule has 4 N–H and O–H groups in total. The fourth-order valence-electron chi connectivity index (χ4n) is 2.11. The molecule has 3 aromatic rings. The van der Waals surface area contributed by atoms with Crippen LogP contribution in [0.2, 0.25) is 5.02 Å². The second kappa shape index (κ2) is 7.66. The number of nitrogens with zero attached hydrogens (tertiary/aromatic N) is 3. The number of hydrogen-bond donors (Lipinski definition) is 3. The fraction of sp³-hybridized carbons (Fsp3) is 0.0588. The molecule has 2 aromatic heterocycles. The number of anilines is 5. The van der Waals surface area contributed by atoms with Crippen molar-refractivity contribution in [3.05, 3.63) is 59.5 Å². The molecular weight excluding hydrogens is 356 g/mol. The van der Waals surface area contributed by atoms with Gasteiger partial charge in [0.2, 0.25) is 0 Å². The zero-order valence-corrected chi connectivity index (χ0v) is 14.5. The molecule has 0 unspecified atom stereocenters. The molecule has 3 rings (SSSR count). The van der Waals surface area contributed by atoms with Crippen molar-refractivity contribution in [3.63, 3.8) is 0 Å². The van der Waals surface area contributed by atoms with E-state index in [-0.39, 0.29) is 0 Å². The molecule has 0 radical (unpaired) electrons. The van der Waals surface area contributed by atoms with E-state index < -0.39 is 5.97 Å². The molecule has 0 fully saturated rings. The zero-order chi connectivity index (χ0) is 18.5. The quantitative estimate of drug-likeness (QED) is 0.585. The molecule has 0 spiro atoms. The van der Waals surface area contributed by atoms with Crippen molar-refractivity contribution in [2.45, 2.75) is 0 Å². The summed E-state index contributed by atoms with van der Waals surface area (Å²) in [7, 11) is 1.33. The predicted molar refractivity (Wildman–Crippen MR) is 100 cm³/mol. The van der Waals surface area contributed by atoms with Crippen LogP contribution in [0.5, 0.6) is 0 Å². The number of carbonyl (C=O) groups excluding carboxylic acids is 1. The van der Waals surface area contributed by atoms with Crippen molar-refractivity contribution in [2.75, 3.05) is 23.5 Å². The number of nitrogens with two attached hydrogens (primary N) is 1. The molecule has 0 aliphatic rings. The minimum atomic E-state index is -0.403. The Balaban J connectivity index is 1.78. The van der Waals surface area contributed by atoms with Crippen LogP contribution in [0.3, 0.4) is 0 Å². The maximum atomic E-state index is 11.5. The second-order valence-electron chi connectivity index (χ2n) is 5.17. The number of ether oxygens (including phenoxy) is 1. The van der Waals surface area contributed by atoms with E-state index in [2.05, 4.69) is 30.3 Å². The van der Waals surface area contributed by atoms with Crippen molar-refractivity contribution in [1.29, 1.82) is 0 Å². The van der Waals surface area contributed by atoms with E-state index in [1.54, 1.807) is 36.4 Å². The summed E-state index contributed by atoms with van der Waals surface area (Å²) >= 11 is 5.82. The van der Waals surface area contributed by atoms with Crippen LogP contribution in [-0.4, -0.2) is 28.0 Å². The summed E-state index contributed by atoms with van der Waals surface area (Å²) in [6.07, 6.45) is 2.89. The maximum absolute atomic E-state index is 11.5. The van der Waals surface area contributed by atoms with Crippen LogP contribution in [0.1, 0.15) is 10.4 Å². The van der Waals surface area contributed by atoms with Gasteiger partial charge in [-0.25, -0.2) is 19.7 Å². The molecule has 26 heavy (non-hydrogen) atoms. The van der Waals surface area contributed by atoms with Crippen LogP contribution in [0, 0.1) is 0 Å². The van der Waals surface area contributed by atoms with Gasteiger partial charge < -0.3 is 21.1 Å². The highest BCUT2D eigenvalue weighted by Gasteiger charge is 2.10. The molecule has 9 heteroatoms. The number of pyridine rings is 1. The lowest BCUT2D eigenvalue weighted by Gasteiger charge is -2.12.